The molecule has 2 aromatic rings. The van der Waals surface area contributed by atoms with E-state index in [1.807, 2.05) is 5.43 Å². The van der Waals surface area contributed by atoms with Crippen LogP contribution in [0.25, 0.3) is 0 Å². The third kappa shape index (κ3) is 5.73. The molecule has 2 rings (SSSR count). The van der Waals surface area contributed by atoms with Crippen molar-refractivity contribution in [1.82, 2.24) is 10.9 Å². The predicted octanol–water partition coefficient (Wildman–Crippen LogP) is 4.20. The second kappa shape index (κ2) is 8.32. The van der Waals surface area contributed by atoms with Crippen LogP contribution in [-0.2, 0) is 11.0 Å². The van der Waals surface area contributed by atoms with E-state index < -0.39 is 47.6 Å². The standard InChI is InChI=1S/C18H14F6N2O2/c19-17(20,21)13-8-4-7-12(9-13)16(28)26-25-15(27)10-14(18(22,23)24)11-5-2-1-3-6-11/h1-9,14H,10H2,(H,25,27)(H,26,28). The van der Waals surface area contributed by atoms with Crippen LogP contribution in [0.15, 0.2) is 54.6 Å². The smallest absolute Gasteiger partial charge is 0.273 e. The van der Waals surface area contributed by atoms with Gasteiger partial charge in [0.15, 0.2) is 0 Å². The van der Waals surface area contributed by atoms with Crippen LogP contribution in [-0.4, -0.2) is 18.0 Å². The van der Waals surface area contributed by atoms with Crippen LogP contribution < -0.4 is 10.9 Å². The van der Waals surface area contributed by atoms with Crippen molar-refractivity contribution in [2.24, 2.45) is 0 Å². The fourth-order valence-electron chi connectivity index (χ4n) is 2.38. The highest BCUT2D eigenvalue weighted by Crippen LogP contribution is 2.37. The lowest BCUT2D eigenvalue weighted by atomic mass is 9.95. The number of halogens is 6. The molecule has 2 amide bonds. The van der Waals surface area contributed by atoms with Gasteiger partial charge in [-0.3, -0.25) is 20.4 Å². The lowest BCUT2D eigenvalue weighted by Gasteiger charge is -2.20. The van der Waals surface area contributed by atoms with Crippen LogP contribution in [0.4, 0.5) is 26.3 Å². The highest BCUT2D eigenvalue weighted by atomic mass is 19.4. The van der Waals surface area contributed by atoms with Crippen molar-refractivity contribution in [3.05, 3.63) is 71.3 Å². The molecule has 2 N–H and O–H groups in total. The van der Waals surface area contributed by atoms with Crippen molar-refractivity contribution < 1.29 is 35.9 Å². The molecule has 0 aliphatic heterocycles. The molecule has 0 aliphatic rings. The van der Waals surface area contributed by atoms with Gasteiger partial charge in [-0.2, -0.15) is 26.3 Å². The summed E-state index contributed by atoms with van der Waals surface area (Å²) in [6.45, 7) is 0. The van der Waals surface area contributed by atoms with E-state index in [9.17, 15) is 35.9 Å². The van der Waals surface area contributed by atoms with Gasteiger partial charge in [0.25, 0.3) is 5.91 Å². The molecule has 0 aromatic heterocycles. The largest absolute Gasteiger partial charge is 0.416 e. The SMILES string of the molecule is O=C(CC(c1ccccc1)C(F)(F)F)NNC(=O)c1cccc(C(F)(F)F)c1. The molecule has 150 valence electrons. The number of benzene rings is 2. The predicted molar refractivity (Wildman–Crippen MR) is 86.9 cm³/mol. The van der Waals surface area contributed by atoms with Gasteiger partial charge in [-0.15, -0.1) is 0 Å². The maximum Gasteiger partial charge on any atom is 0.416 e. The van der Waals surface area contributed by atoms with E-state index in [1.54, 1.807) is 5.43 Å². The number of nitrogens with one attached hydrogen (secondary N) is 2. The van der Waals surface area contributed by atoms with Crippen LogP contribution in [0.3, 0.4) is 0 Å². The van der Waals surface area contributed by atoms with Crippen LogP contribution in [0.1, 0.15) is 33.8 Å². The molecule has 10 heteroatoms. The zero-order valence-electron chi connectivity index (χ0n) is 14.1. The fraction of sp³-hybridized carbons (Fsp3) is 0.222. The van der Waals surface area contributed by atoms with Crippen molar-refractivity contribution in [1.29, 1.82) is 0 Å². The summed E-state index contributed by atoms with van der Waals surface area (Å²) in [5.74, 6) is -4.34. The molecular weight excluding hydrogens is 390 g/mol. The highest BCUT2D eigenvalue weighted by molar-refractivity contribution is 5.95. The normalized spacial score (nSPS) is 12.9. The van der Waals surface area contributed by atoms with Gasteiger partial charge in [-0.25, -0.2) is 0 Å². The number of rotatable bonds is 4. The number of hydrogen-bond donors (Lipinski definition) is 2. The van der Waals surface area contributed by atoms with Gasteiger partial charge in [0.1, 0.15) is 0 Å². The van der Waals surface area contributed by atoms with E-state index in [0.717, 1.165) is 18.2 Å². The van der Waals surface area contributed by atoms with Crippen LogP contribution >= 0.6 is 0 Å². The average molecular weight is 404 g/mol. The summed E-state index contributed by atoms with van der Waals surface area (Å²) in [5, 5.41) is 0. The monoisotopic (exact) mass is 404 g/mol. The molecule has 0 bridgehead atoms. The van der Waals surface area contributed by atoms with Gasteiger partial charge >= 0.3 is 12.4 Å². The Bertz CT molecular complexity index is 834. The van der Waals surface area contributed by atoms with Gasteiger partial charge < -0.3 is 0 Å². The van der Waals surface area contributed by atoms with Gasteiger partial charge in [-0.05, 0) is 23.8 Å². The van der Waals surface area contributed by atoms with Gasteiger partial charge in [0.05, 0.1) is 11.5 Å². The Morgan fingerprint density at radius 1 is 0.857 bits per heavy atom. The van der Waals surface area contributed by atoms with Crippen molar-refractivity contribution in [2.75, 3.05) is 0 Å². The van der Waals surface area contributed by atoms with Crippen molar-refractivity contribution in [3.8, 4) is 0 Å². The number of hydrogen-bond acceptors (Lipinski definition) is 2. The fourth-order valence-corrected chi connectivity index (χ4v) is 2.38. The average Bonchev–Trinajstić information content (AvgIpc) is 2.63. The Balaban J connectivity index is 2.02. The number of hydrazine groups is 1. The molecule has 4 nitrogen and oxygen atoms in total. The summed E-state index contributed by atoms with van der Waals surface area (Å²) >= 11 is 0. The number of amides is 2. The summed E-state index contributed by atoms with van der Waals surface area (Å²) in [4.78, 5) is 23.7. The Morgan fingerprint density at radius 2 is 1.50 bits per heavy atom. The number of alkyl halides is 6. The first-order valence-corrected chi connectivity index (χ1v) is 7.86. The molecule has 0 spiro atoms. The molecular formula is C18H14F6N2O2. The van der Waals surface area contributed by atoms with Crippen LogP contribution in [0.5, 0.6) is 0 Å². The summed E-state index contributed by atoms with van der Waals surface area (Å²) in [6.07, 6.45) is -10.4. The molecule has 0 radical (unpaired) electrons. The Morgan fingerprint density at radius 3 is 2.07 bits per heavy atom. The first kappa shape index (κ1) is 21.3. The molecule has 0 saturated carbocycles. The molecule has 0 aliphatic carbocycles. The molecule has 0 fully saturated rings. The van der Waals surface area contributed by atoms with Crippen molar-refractivity contribution >= 4 is 11.8 Å². The first-order chi connectivity index (χ1) is 13.0. The van der Waals surface area contributed by atoms with Gasteiger partial charge in [0.2, 0.25) is 5.91 Å². The molecule has 1 unspecified atom stereocenters. The summed E-state index contributed by atoms with van der Waals surface area (Å²) < 4.78 is 77.6. The lowest BCUT2D eigenvalue weighted by molar-refractivity contribution is -0.157. The van der Waals surface area contributed by atoms with E-state index >= 15 is 0 Å². The zero-order chi connectivity index (χ0) is 20.9. The van der Waals surface area contributed by atoms with E-state index in [4.69, 9.17) is 0 Å². The zero-order valence-corrected chi connectivity index (χ0v) is 14.1. The molecule has 2 aromatic carbocycles. The van der Waals surface area contributed by atoms with Gasteiger partial charge in [0, 0.05) is 12.0 Å². The second-order valence-corrected chi connectivity index (χ2v) is 5.79. The Kier molecular flexibility index (Phi) is 6.32. The quantitative estimate of drug-likeness (QED) is 0.593. The lowest BCUT2D eigenvalue weighted by Crippen LogP contribution is -2.43. The first-order valence-electron chi connectivity index (χ1n) is 7.86. The molecule has 1 atom stereocenters. The van der Waals surface area contributed by atoms with Crippen LogP contribution in [0.2, 0.25) is 0 Å². The van der Waals surface area contributed by atoms with E-state index in [-0.39, 0.29) is 5.56 Å². The van der Waals surface area contributed by atoms with E-state index in [1.165, 1.54) is 30.3 Å². The second-order valence-electron chi connectivity index (χ2n) is 5.79. The Labute approximate surface area is 155 Å². The van der Waals surface area contributed by atoms with Crippen molar-refractivity contribution in [2.45, 2.75) is 24.7 Å². The van der Waals surface area contributed by atoms with Gasteiger partial charge in [-0.1, -0.05) is 36.4 Å². The minimum atomic E-state index is -4.70. The topological polar surface area (TPSA) is 58.2 Å². The molecule has 0 saturated heterocycles. The Hall–Kier alpha value is -3.04. The third-order valence-electron chi connectivity index (χ3n) is 3.75. The maximum atomic E-state index is 13.2. The van der Waals surface area contributed by atoms with Crippen molar-refractivity contribution in [3.63, 3.8) is 0 Å². The summed E-state index contributed by atoms with van der Waals surface area (Å²) in [7, 11) is 0. The maximum absolute atomic E-state index is 13.2. The minimum Gasteiger partial charge on any atom is -0.273 e. The highest BCUT2D eigenvalue weighted by Gasteiger charge is 2.41. The van der Waals surface area contributed by atoms with Crippen LogP contribution in [0, 0.1) is 0 Å². The summed E-state index contributed by atoms with van der Waals surface area (Å²) in [6, 6.07) is 10.1. The van der Waals surface area contributed by atoms with E-state index in [0.29, 0.717) is 6.07 Å². The minimum absolute atomic E-state index is 0.130. The molecule has 28 heavy (non-hydrogen) atoms. The number of carbonyl (C=O) groups is 2. The third-order valence-corrected chi connectivity index (χ3v) is 3.75. The molecule has 0 heterocycles. The number of carbonyl (C=O) groups excluding carboxylic acids is 2. The summed E-state index contributed by atoms with van der Waals surface area (Å²) in [5.41, 5.74) is 1.99. The van der Waals surface area contributed by atoms with E-state index in [2.05, 4.69) is 0 Å².